The molecule has 0 unspecified atom stereocenters. The van der Waals surface area contributed by atoms with E-state index in [1.807, 2.05) is 4.90 Å². The number of nitrogens with zero attached hydrogens (tertiary/aromatic N) is 4. The van der Waals surface area contributed by atoms with Gasteiger partial charge in [-0.05, 0) is 74.7 Å². The highest BCUT2D eigenvalue weighted by molar-refractivity contribution is 9.11. The number of ether oxygens (including phenoxy) is 1. The number of rotatable bonds is 7. The fourth-order valence-electron chi connectivity index (χ4n) is 4.31. The van der Waals surface area contributed by atoms with Gasteiger partial charge in [-0.2, -0.15) is 18.3 Å². The lowest BCUT2D eigenvalue weighted by atomic mass is 10.1. The quantitative estimate of drug-likeness (QED) is 0.378. The Morgan fingerprint density at radius 2 is 1.85 bits per heavy atom. The summed E-state index contributed by atoms with van der Waals surface area (Å²) in [5, 5.41) is 12.2. The molecule has 0 spiro atoms. The van der Waals surface area contributed by atoms with E-state index >= 15 is 0 Å². The van der Waals surface area contributed by atoms with Crippen molar-refractivity contribution in [2.75, 3.05) is 28.6 Å². The molecule has 2 aromatic rings. The maximum atomic E-state index is 13.3. The maximum absolute atomic E-state index is 13.3. The number of carbonyl (C=O) groups excluding carboxylic acids is 3. The minimum absolute atomic E-state index is 0.0191. The number of aromatic nitrogens is 3. The summed E-state index contributed by atoms with van der Waals surface area (Å²) in [4.78, 5) is 43.3. The van der Waals surface area contributed by atoms with Crippen LogP contribution in [-0.4, -0.2) is 63.6 Å². The SMILES string of the molecule is CC(C)(C)OC(=O)Nc1sc(Br)nc1C(=O)Nc1cnn(CC2CC2)c1N1CCC[C@@H](NC(=O)C(F)(F)F)CC1. The number of hydrogen-bond acceptors (Lipinski definition) is 8. The zero-order valence-electron chi connectivity index (χ0n) is 22.2. The summed E-state index contributed by atoms with van der Waals surface area (Å²) >= 11 is 4.32. The van der Waals surface area contributed by atoms with Crippen LogP contribution in [0.3, 0.4) is 0 Å². The third-order valence-corrected chi connectivity index (χ3v) is 7.66. The fourth-order valence-corrected chi connectivity index (χ4v) is 5.65. The molecule has 1 saturated heterocycles. The largest absolute Gasteiger partial charge is 0.471 e. The first-order valence-corrected chi connectivity index (χ1v) is 14.5. The van der Waals surface area contributed by atoms with Crippen molar-refractivity contribution in [2.24, 2.45) is 5.92 Å². The summed E-state index contributed by atoms with van der Waals surface area (Å²) in [5.74, 6) is -1.42. The Hall–Kier alpha value is -2.88. The normalized spacial score (nSPS) is 18.2. The molecule has 3 heterocycles. The molecule has 0 bridgehead atoms. The van der Waals surface area contributed by atoms with E-state index in [2.05, 4.69) is 42.0 Å². The molecule has 11 nitrogen and oxygen atoms in total. The van der Waals surface area contributed by atoms with Crippen molar-refractivity contribution in [1.29, 1.82) is 0 Å². The molecule has 1 saturated carbocycles. The molecule has 1 aliphatic carbocycles. The van der Waals surface area contributed by atoms with Crippen molar-refractivity contribution in [1.82, 2.24) is 20.1 Å². The predicted molar refractivity (Wildman–Crippen MR) is 147 cm³/mol. The molecule has 0 aromatic carbocycles. The Labute approximate surface area is 241 Å². The van der Waals surface area contributed by atoms with E-state index < -0.39 is 35.7 Å². The summed E-state index contributed by atoms with van der Waals surface area (Å²) in [5.41, 5.74) is -0.341. The Morgan fingerprint density at radius 1 is 1.12 bits per heavy atom. The molecule has 220 valence electrons. The minimum Gasteiger partial charge on any atom is -0.444 e. The molecule has 16 heteroatoms. The third kappa shape index (κ3) is 8.08. The summed E-state index contributed by atoms with van der Waals surface area (Å²) in [7, 11) is 0. The van der Waals surface area contributed by atoms with E-state index in [0.29, 0.717) is 60.2 Å². The van der Waals surface area contributed by atoms with Gasteiger partial charge >= 0.3 is 18.2 Å². The van der Waals surface area contributed by atoms with Gasteiger partial charge in [-0.3, -0.25) is 14.9 Å². The van der Waals surface area contributed by atoms with Crippen LogP contribution in [0.1, 0.15) is 63.4 Å². The molecule has 0 radical (unpaired) electrons. The van der Waals surface area contributed by atoms with E-state index in [1.165, 1.54) is 6.20 Å². The Kier molecular flexibility index (Phi) is 8.97. The molecular formula is C24H31BrF3N7O4S. The number of nitrogens with one attached hydrogen (secondary N) is 3. The van der Waals surface area contributed by atoms with Gasteiger partial charge in [0, 0.05) is 25.7 Å². The lowest BCUT2D eigenvalue weighted by Crippen LogP contribution is -2.43. The Bertz CT molecular complexity index is 1260. The number of hydrogen-bond donors (Lipinski definition) is 3. The van der Waals surface area contributed by atoms with Crippen LogP contribution in [0.15, 0.2) is 10.1 Å². The zero-order chi connectivity index (χ0) is 29.2. The molecule has 1 aliphatic heterocycles. The van der Waals surface area contributed by atoms with Crippen molar-refractivity contribution < 1.29 is 32.3 Å². The van der Waals surface area contributed by atoms with Crippen LogP contribution in [-0.2, 0) is 16.1 Å². The lowest BCUT2D eigenvalue weighted by molar-refractivity contribution is -0.174. The lowest BCUT2D eigenvalue weighted by Gasteiger charge is -2.25. The van der Waals surface area contributed by atoms with Gasteiger partial charge in [0.2, 0.25) is 0 Å². The van der Waals surface area contributed by atoms with Crippen LogP contribution >= 0.6 is 27.3 Å². The number of alkyl halides is 3. The monoisotopic (exact) mass is 649 g/mol. The highest BCUT2D eigenvalue weighted by atomic mass is 79.9. The van der Waals surface area contributed by atoms with Gasteiger partial charge < -0.3 is 20.3 Å². The van der Waals surface area contributed by atoms with Crippen LogP contribution < -0.4 is 20.9 Å². The van der Waals surface area contributed by atoms with Gasteiger partial charge in [-0.15, -0.1) is 0 Å². The standard InChI is InChI=1S/C24H31BrF3N7O4S/c1-23(2,3)39-22(38)33-18-16(32-21(25)40-18)17(36)31-15-11-29-35(12-13-6-7-13)19(15)34-9-4-5-14(8-10-34)30-20(37)24(26,27)28/h11,13-14H,4-10,12H2,1-3H3,(H,30,37)(H,31,36)(H,33,38)/t14-/m1/s1. The molecule has 3 N–H and O–H groups in total. The second-order valence-corrected chi connectivity index (χ2v) is 13.1. The van der Waals surface area contributed by atoms with Gasteiger partial charge in [0.15, 0.2) is 15.4 Å². The number of thiazole rings is 1. The molecule has 1 atom stereocenters. The van der Waals surface area contributed by atoms with E-state index in [0.717, 1.165) is 24.2 Å². The molecular weight excluding hydrogens is 619 g/mol. The molecule has 2 aromatic heterocycles. The maximum Gasteiger partial charge on any atom is 0.471 e. The van der Waals surface area contributed by atoms with E-state index in [9.17, 15) is 27.6 Å². The summed E-state index contributed by atoms with van der Waals surface area (Å²) in [6, 6.07) is -0.620. The molecule has 4 rings (SSSR count). The predicted octanol–water partition coefficient (Wildman–Crippen LogP) is 5.15. The van der Waals surface area contributed by atoms with Crippen molar-refractivity contribution in [3.05, 3.63) is 15.8 Å². The zero-order valence-corrected chi connectivity index (χ0v) is 24.6. The van der Waals surface area contributed by atoms with Crippen molar-refractivity contribution in [2.45, 2.75) is 77.2 Å². The number of anilines is 3. The fraction of sp³-hybridized carbons (Fsp3) is 0.625. The van der Waals surface area contributed by atoms with Crippen molar-refractivity contribution in [3.8, 4) is 0 Å². The number of carbonyl (C=O) groups is 3. The number of halogens is 4. The van der Waals surface area contributed by atoms with E-state index in [-0.39, 0.29) is 10.7 Å². The summed E-state index contributed by atoms with van der Waals surface area (Å²) in [6.45, 7) is 6.67. The second kappa shape index (κ2) is 11.9. The van der Waals surface area contributed by atoms with E-state index in [4.69, 9.17) is 4.74 Å². The average Bonchev–Trinajstić information content (AvgIpc) is 3.51. The first kappa shape index (κ1) is 30.1. The van der Waals surface area contributed by atoms with Gasteiger partial charge in [0.25, 0.3) is 5.91 Å². The van der Waals surface area contributed by atoms with Gasteiger partial charge in [0.1, 0.15) is 16.3 Å². The summed E-state index contributed by atoms with van der Waals surface area (Å²) in [6.07, 6.45) is -0.769. The first-order chi connectivity index (χ1) is 18.7. The topological polar surface area (TPSA) is 130 Å². The minimum atomic E-state index is -4.94. The van der Waals surface area contributed by atoms with Gasteiger partial charge in [-0.25, -0.2) is 14.5 Å². The van der Waals surface area contributed by atoms with Crippen LogP contribution in [0, 0.1) is 5.92 Å². The average molecular weight is 651 g/mol. The van der Waals surface area contributed by atoms with Crippen LogP contribution in [0.4, 0.5) is 34.5 Å². The van der Waals surface area contributed by atoms with Gasteiger partial charge in [0.05, 0.1) is 6.20 Å². The smallest absolute Gasteiger partial charge is 0.444 e. The van der Waals surface area contributed by atoms with Crippen LogP contribution in [0.5, 0.6) is 0 Å². The second-order valence-electron chi connectivity index (χ2n) is 10.8. The summed E-state index contributed by atoms with van der Waals surface area (Å²) < 4.78 is 45.8. The van der Waals surface area contributed by atoms with Gasteiger partial charge in [-0.1, -0.05) is 11.3 Å². The molecule has 40 heavy (non-hydrogen) atoms. The number of amides is 3. The molecule has 2 aliphatic rings. The Morgan fingerprint density at radius 3 is 2.50 bits per heavy atom. The Balaban J connectivity index is 1.51. The van der Waals surface area contributed by atoms with Crippen LogP contribution in [0.2, 0.25) is 0 Å². The van der Waals surface area contributed by atoms with Crippen LogP contribution in [0.25, 0.3) is 0 Å². The molecule has 3 amide bonds. The highest BCUT2D eigenvalue weighted by Gasteiger charge is 2.40. The van der Waals surface area contributed by atoms with Crippen molar-refractivity contribution in [3.63, 3.8) is 0 Å². The third-order valence-electron chi connectivity index (χ3n) is 6.24. The highest BCUT2D eigenvalue weighted by Crippen LogP contribution is 2.36. The van der Waals surface area contributed by atoms with E-state index in [1.54, 1.807) is 25.5 Å². The molecule has 2 fully saturated rings. The van der Waals surface area contributed by atoms with Crippen molar-refractivity contribution >= 4 is 61.7 Å². The first-order valence-electron chi connectivity index (χ1n) is 12.9.